The number of hydrogen-bond donors (Lipinski definition) is 1. The van der Waals surface area contributed by atoms with Crippen LogP contribution in [0.2, 0.25) is 0 Å². The van der Waals surface area contributed by atoms with Gasteiger partial charge in [0, 0.05) is 31.4 Å². The highest BCUT2D eigenvalue weighted by atomic mass is 16.5. The van der Waals surface area contributed by atoms with Gasteiger partial charge in [0.25, 0.3) is 0 Å². The van der Waals surface area contributed by atoms with Gasteiger partial charge in [-0.25, -0.2) is 9.48 Å². The molecule has 1 saturated carbocycles. The number of fused-ring (bicyclic) bond motifs is 1. The Morgan fingerprint density at radius 1 is 1.19 bits per heavy atom. The van der Waals surface area contributed by atoms with Crippen LogP contribution < -0.4 is 11.0 Å². The first-order chi connectivity index (χ1) is 13.2. The number of aromatic nitrogens is 3. The van der Waals surface area contributed by atoms with Gasteiger partial charge in [-0.05, 0) is 25.0 Å². The number of morpholine rings is 1. The van der Waals surface area contributed by atoms with Gasteiger partial charge in [-0.3, -0.25) is 14.1 Å². The summed E-state index contributed by atoms with van der Waals surface area (Å²) in [5.41, 5.74) is 0.273. The maximum absolute atomic E-state index is 12.5. The molecule has 1 N–H and O–H groups in total. The first-order valence-corrected chi connectivity index (χ1v) is 9.82. The Morgan fingerprint density at radius 3 is 2.70 bits per heavy atom. The lowest BCUT2D eigenvalue weighted by atomic mass is 9.79. The molecule has 1 aliphatic carbocycles. The average Bonchev–Trinajstić information content (AvgIpc) is 3.03. The van der Waals surface area contributed by atoms with E-state index in [-0.39, 0.29) is 23.7 Å². The molecule has 3 heterocycles. The highest BCUT2D eigenvalue weighted by Gasteiger charge is 2.38. The Balaban J connectivity index is 1.43. The zero-order chi connectivity index (χ0) is 18.7. The Hall–Kier alpha value is -2.19. The molecule has 2 aliphatic rings. The molecule has 1 saturated heterocycles. The molecule has 0 aromatic carbocycles. The Morgan fingerprint density at radius 2 is 1.96 bits per heavy atom. The van der Waals surface area contributed by atoms with Crippen LogP contribution in [0.5, 0.6) is 0 Å². The van der Waals surface area contributed by atoms with Gasteiger partial charge < -0.3 is 10.1 Å². The quantitative estimate of drug-likeness (QED) is 0.832. The summed E-state index contributed by atoms with van der Waals surface area (Å²) in [5, 5.41) is 7.31. The molecule has 8 heteroatoms. The summed E-state index contributed by atoms with van der Waals surface area (Å²) in [6.07, 6.45) is 7.51. The van der Waals surface area contributed by atoms with Crippen molar-refractivity contribution in [2.24, 2.45) is 0 Å². The highest BCUT2D eigenvalue weighted by molar-refractivity contribution is 5.75. The second-order valence-corrected chi connectivity index (χ2v) is 7.53. The molecule has 2 aromatic rings. The number of amides is 1. The number of ether oxygens (including phenoxy) is 1. The lowest BCUT2D eigenvalue weighted by Crippen LogP contribution is -2.59. The summed E-state index contributed by atoms with van der Waals surface area (Å²) < 4.78 is 8.18. The molecule has 0 spiro atoms. The van der Waals surface area contributed by atoms with Crippen LogP contribution in [0.1, 0.15) is 32.1 Å². The monoisotopic (exact) mass is 373 g/mol. The lowest BCUT2D eigenvalue weighted by Gasteiger charge is -2.48. The second-order valence-electron chi connectivity index (χ2n) is 7.53. The summed E-state index contributed by atoms with van der Waals surface area (Å²) in [6.45, 7) is 3.91. The number of rotatable bonds is 5. The van der Waals surface area contributed by atoms with Gasteiger partial charge >= 0.3 is 5.69 Å². The predicted molar refractivity (Wildman–Crippen MR) is 101 cm³/mol. The van der Waals surface area contributed by atoms with Crippen molar-refractivity contribution >= 4 is 11.6 Å². The average molecular weight is 373 g/mol. The molecule has 146 valence electrons. The van der Waals surface area contributed by atoms with Crippen molar-refractivity contribution in [2.75, 3.05) is 32.8 Å². The maximum Gasteiger partial charge on any atom is 0.350 e. The van der Waals surface area contributed by atoms with E-state index in [1.165, 1.54) is 28.3 Å². The minimum Gasteiger partial charge on any atom is -0.379 e. The number of hydrogen-bond acceptors (Lipinski definition) is 5. The summed E-state index contributed by atoms with van der Waals surface area (Å²) in [5.74, 6) is -0.168. The molecule has 1 aliphatic heterocycles. The fourth-order valence-corrected chi connectivity index (χ4v) is 4.38. The number of carbonyl (C=O) groups is 1. The third kappa shape index (κ3) is 3.77. The zero-order valence-corrected chi connectivity index (χ0v) is 15.6. The van der Waals surface area contributed by atoms with Crippen LogP contribution in [0.4, 0.5) is 0 Å². The summed E-state index contributed by atoms with van der Waals surface area (Å²) in [6, 6.07) is 5.35. The van der Waals surface area contributed by atoms with E-state index < -0.39 is 0 Å². The molecule has 0 unspecified atom stereocenters. The number of nitrogens with zero attached hydrogens (tertiary/aromatic N) is 4. The van der Waals surface area contributed by atoms with Crippen molar-refractivity contribution in [3.8, 4) is 0 Å². The third-order valence-corrected chi connectivity index (χ3v) is 5.86. The number of carbonyl (C=O) groups excluding carboxylic acids is 1. The van der Waals surface area contributed by atoms with E-state index >= 15 is 0 Å². The van der Waals surface area contributed by atoms with E-state index in [9.17, 15) is 9.59 Å². The van der Waals surface area contributed by atoms with Gasteiger partial charge in [0.1, 0.15) is 6.54 Å². The van der Waals surface area contributed by atoms with E-state index in [1.54, 1.807) is 18.3 Å². The van der Waals surface area contributed by atoms with Crippen molar-refractivity contribution in [3.05, 3.63) is 34.9 Å². The SMILES string of the molecule is O=C(Cn1nc2ccccn2c1=O)NCC1(N2CCOCC2)CCCCC1. The van der Waals surface area contributed by atoms with Crippen molar-refractivity contribution in [1.82, 2.24) is 24.4 Å². The van der Waals surface area contributed by atoms with Crippen LogP contribution in [0, 0.1) is 0 Å². The van der Waals surface area contributed by atoms with Gasteiger partial charge in [-0.15, -0.1) is 5.10 Å². The molecule has 0 radical (unpaired) electrons. The van der Waals surface area contributed by atoms with Crippen LogP contribution in [0.15, 0.2) is 29.2 Å². The molecule has 8 nitrogen and oxygen atoms in total. The zero-order valence-electron chi connectivity index (χ0n) is 15.6. The number of nitrogens with one attached hydrogen (secondary N) is 1. The van der Waals surface area contributed by atoms with E-state index in [0.29, 0.717) is 12.2 Å². The molecule has 2 fully saturated rings. The minimum atomic E-state index is -0.290. The van der Waals surface area contributed by atoms with Crippen LogP contribution in [0.3, 0.4) is 0 Å². The summed E-state index contributed by atoms with van der Waals surface area (Å²) in [4.78, 5) is 27.4. The Kier molecular flexibility index (Phi) is 5.27. The van der Waals surface area contributed by atoms with Crippen LogP contribution in [-0.4, -0.2) is 63.4 Å². The molecule has 0 atom stereocenters. The van der Waals surface area contributed by atoms with Gasteiger partial charge in [0.05, 0.1) is 13.2 Å². The van der Waals surface area contributed by atoms with E-state index in [0.717, 1.165) is 39.1 Å². The van der Waals surface area contributed by atoms with Crippen LogP contribution >= 0.6 is 0 Å². The second kappa shape index (κ2) is 7.82. The molecule has 1 amide bonds. The molecule has 27 heavy (non-hydrogen) atoms. The molecule has 0 bridgehead atoms. The summed E-state index contributed by atoms with van der Waals surface area (Å²) >= 11 is 0. The molecule has 4 rings (SSSR count). The maximum atomic E-state index is 12.5. The van der Waals surface area contributed by atoms with Crippen LogP contribution in [0.25, 0.3) is 5.65 Å². The standard InChI is InChI=1S/C19H27N5O3/c25-17(14-24-18(26)23-9-5-2-6-16(23)21-24)20-15-19(7-3-1-4-8-19)22-10-12-27-13-11-22/h2,5-6,9H,1,3-4,7-8,10-15H2,(H,20,25). The van der Waals surface area contributed by atoms with E-state index in [2.05, 4.69) is 15.3 Å². The Bertz CT molecular complexity index is 846. The van der Waals surface area contributed by atoms with Gasteiger partial charge in [-0.2, -0.15) is 0 Å². The van der Waals surface area contributed by atoms with Crippen molar-refractivity contribution in [1.29, 1.82) is 0 Å². The normalized spacial score (nSPS) is 20.6. The third-order valence-electron chi connectivity index (χ3n) is 5.86. The van der Waals surface area contributed by atoms with Crippen molar-refractivity contribution in [2.45, 2.75) is 44.2 Å². The lowest BCUT2D eigenvalue weighted by molar-refractivity contribution is -0.123. The molecular formula is C19H27N5O3. The van der Waals surface area contributed by atoms with Gasteiger partial charge in [0.2, 0.25) is 5.91 Å². The van der Waals surface area contributed by atoms with Crippen molar-refractivity contribution < 1.29 is 9.53 Å². The first kappa shape index (κ1) is 18.2. The minimum absolute atomic E-state index is 0.0154. The topological polar surface area (TPSA) is 80.9 Å². The van der Waals surface area contributed by atoms with Crippen molar-refractivity contribution in [3.63, 3.8) is 0 Å². The molecule has 2 aromatic heterocycles. The van der Waals surface area contributed by atoms with Gasteiger partial charge in [-0.1, -0.05) is 25.3 Å². The predicted octanol–water partition coefficient (Wildman–Crippen LogP) is 0.647. The van der Waals surface area contributed by atoms with Gasteiger partial charge in [0.15, 0.2) is 5.65 Å². The largest absolute Gasteiger partial charge is 0.379 e. The number of pyridine rings is 1. The fourth-order valence-electron chi connectivity index (χ4n) is 4.38. The first-order valence-electron chi connectivity index (χ1n) is 9.82. The Labute approximate surface area is 158 Å². The van der Waals surface area contributed by atoms with E-state index in [4.69, 9.17) is 4.74 Å². The fraction of sp³-hybridized carbons (Fsp3) is 0.632. The van der Waals surface area contributed by atoms with E-state index in [1.807, 2.05) is 6.07 Å². The smallest absolute Gasteiger partial charge is 0.350 e. The molecular weight excluding hydrogens is 346 g/mol. The highest BCUT2D eigenvalue weighted by Crippen LogP contribution is 2.33. The summed E-state index contributed by atoms with van der Waals surface area (Å²) in [7, 11) is 0. The van der Waals surface area contributed by atoms with Crippen LogP contribution in [-0.2, 0) is 16.1 Å².